The zero-order valence-electron chi connectivity index (χ0n) is 18.1. The van der Waals surface area contributed by atoms with Crippen LogP contribution in [0.3, 0.4) is 0 Å². The second-order valence-electron chi connectivity index (χ2n) is 8.68. The fourth-order valence-corrected chi connectivity index (χ4v) is 4.80. The first kappa shape index (κ1) is 25.1. The minimum atomic E-state index is -4.36. The van der Waals surface area contributed by atoms with Crippen LogP contribution in [0.25, 0.3) is 10.9 Å². The van der Waals surface area contributed by atoms with E-state index in [1.807, 2.05) is 0 Å². The predicted octanol–water partition coefficient (Wildman–Crippen LogP) is 3.79. The van der Waals surface area contributed by atoms with Crippen LogP contribution in [0.4, 0.5) is 18.9 Å². The van der Waals surface area contributed by atoms with Crippen LogP contribution in [-0.4, -0.2) is 49.3 Å². The van der Waals surface area contributed by atoms with Crippen molar-refractivity contribution in [2.75, 3.05) is 31.1 Å². The smallest absolute Gasteiger partial charge is 0.368 e. The average molecular weight is 482 g/mol. The minimum absolute atomic E-state index is 0. The zero-order valence-corrected chi connectivity index (χ0v) is 18.9. The number of pyridine rings is 1. The van der Waals surface area contributed by atoms with Gasteiger partial charge in [0, 0.05) is 42.8 Å². The van der Waals surface area contributed by atoms with Gasteiger partial charge in [0.2, 0.25) is 5.91 Å². The number of hydrogen-bond acceptors (Lipinski definition) is 5. The number of amides is 1. The molecule has 4 rings (SSSR count). The first-order valence-corrected chi connectivity index (χ1v) is 10.9. The van der Waals surface area contributed by atoms with Crippen molar-refractivity contribution in [3.8, 4) is 6.07 Å². The summed E-state index contributed by atoms with van der Waals surface area (Å²) in [5, 5.41) is 16.1. The molecule has 0 radical (unpaired) electrons. The number of carbonyl (C=O) groups is 1. The van der Waals surface area contributed by atoms with E-state index >= 15 is 0 Å². The highest BCUT2D eigenvalue weighted by Crippen LogP contribution is 2.37. The van der Waals surface area contributed by atoms with Crippen molar-refractivity contribution in [1.82, 2.24) is 15.6 Å². The lowest BCUT2D eigenvalue weighted by Gasteiger charge is -2.40. The minimum Gasteiger partial charge on any atom is -0.368 e. The molecule has 2 saturated heterocycles. The Hall–Kier alpha value is -2.57. The van der Waals surface area contributed by atoms with Crippen molar-refractivity contribution in [2.45, 2.75) is 37.9 Å². The van der Waals surface area contributed by atoms with Gasteiger partial charge >= 0.3 is 6.18 Å². The maximum Gasteiger partial charge on any atom is 0.393 e. The molecule has 0 spiro atoms. The van der Waals surface area contributed by atoms with Gasteiger partial charge in [0.1, 0.15) is 6.07 Å². The Bertz CT molecular complexity index is 1020. The summed E-state index contributed by atoms with van der Waals surface area (Å²) >= 11 is 0. The quantitative estimate of drug-likeness (QED) is 0.694. The number of hydrogen-bond donors (Lipinski definition) is 2. The van der Waals surface area contributed by atoms with E-state index in [1.54, 1.807) is 35.4 Å². The number of halogens is 4. The van der Waals surface area contributed by atoms with Crippen molar-refractivity contribution in [3.05, 3.63) is 36.0 Å². The molecule has 2 unspecified atom stereocenters. The molecule has 0 aliphatic carbocycles. The van der Waals surface area contributed by atoms with Gasteiger partial charge in [-0.3, -0.25) is 9.78 Å². The number of aromatic nitrogens is 1. The second kappa shape index (κ2) is 10.6. The Morgan fingerprint density at radius 1 is 1.24 bits per heavy atom. The van der Waals surface area contributed by atoms with E-state index in [1.165, 1.54) is 0 Å². The fourth-order valence-electron chi connectivity index (χ4n) is 4.80. The van der Waals surface area contributed by atoms with Crippen LogP contribution in [0, 0.1) is 23.2 Å². The Morgan fingerprint density at radius 2 is 2.00 bits per heavy atom. The molecule has 0 saturated carbocycles. The number of benzene rings is 1. The van der Waals surface area contributed by atoms with E-state index in [4.69, 9.17) is 0 Å². The summed E-state index contributed by atoms with van der Waals surface area (Å²) in [5.74, 6) is -1.47. The highest BCUT2D eigenvalue weighted by molar-refractivity contribution is 5.95. The Morgan fingerprint density at radius 3 is 2.70 bits per heavy atom. The zero-order chi connectivity index (χ0) is 22.7. The molecule has 33 heavy (non-hydrogen) atoms. The van der Waals surface area contributed by atoms with Gasteiger partial charge in [-0.25, -0.2) is 0 Å². The molecular formula is C23H27ClF3N5O. The molecule has 2 fully saturated rings. The van der Waals surface area contributed by atoms with Gasteiger partial charge in [-0.15, -0.1) is 12.4 Å². The fraction of sp³-hybridized carbons (Fsp3) is 0.522. The molecule has 1 amide bonds. The number of piperidine rings is 2. The van der Waals surface area contributed by atoms with Gasteiger partial charge in [-0.2, -0.15) is 18.4 Å². The van der Waals surface area contributed by atoms with Crippen LogP contribution in [0.1, 0.15) is 31.2 Å². The Labute approximate surface area is 196 Å². The Kier molecular flexibility index (Phi) is 8.03. The number of alkyl halides is 3. The van der Waals surface area contributed by atoms with E-state index in [-0.39, 0.29) is 43.7 Å². The molecular weight excluding hydrogens is 455 g/mol. The molecule has 2 aliphatic heterocycles. The number of carbonyl (C=O) groups excluding carboxylic acids is 1. The molecule has 6 nitrogen and oxygen atoms in total. The maximum atomic E-state index is 13.7. The van der Waals surface area contributed by atoms with Crippen LogP contribution in [0.2, 0.25) is 0 Å². The molecule has 1 aromatic heterocycles. The third kappa shape index (κ3) is 5.87. The van der Waals surface area contributed by atoms with Crippen molar-refractivity contribution >= 4 is 34.9 Å². The highest BCUT2D eigenvalue weighted by Gasteiger charge is 2.45. The Balaban J connectivity index is 0.00000306. The lowest BCUT2D eigenvalue weighted by atomic mass is 9.91. The van der Waals surface area contributed by atoms with Gasteiger partial charge in [-0.1, -0.05) is 0 Å². The number of rotatable bonds is 4. The van der Waals surface area contributed by atoms with Gasteiger partial charge in [0.05, 0.1) is 17.0 Å². The average Bonchev–Trinajstić information content (AvgIpc) is 2.78. The van der Waals surface area contributed by atoms with Crippen LogP contribution in [0.5, 0.6) is 0 Å². The van der Waals surface area contributed by atoms with Gasteiger partial charge in [0.25, 0.3) is 0 Å². The first-order valence-electron chi connectivity index (χ1n) is 10.9. The molecule has 178 valence electrons. The normalized spacial score (nSPS) is 21.8. The molecule has 2 atom stereocenters. The van der Waals surface area contributed by atoms with E-state index < -0.39 is 18.1 Å². The van der Waals surface area contributed by atoms with Crippen molar-refractivity contribution in [1.29, 1.82) is 5.26 Å². The molecule has 2 aliphatic rings. The molecule has 0 bridgehead atoms. The second-order valence-corrected chi connectivity index (χ2v) is 8.68. The lowest BCUT2D eigenvalue weighted by molar-refractivity contribution is -0.178. The highest BCUT2D eigenvalue weighted by atomic mass is 35.5. The van der Waals surface area contributed by atoms with Crippen LogP contribution in [0.15, 0.2) is 30.5 Å². The topological polar surface area (TPSA) is 81.0 Å². The van der Waals surface area contributed by atoms with Crippen molar-refractivity contribution in [2.24, 2.45) is 11.8 Å². The standard InChI is InChI=1S/C23H26F3N5O.ClH/c24-23(25,26)17-11-18(30-21(32)10-15-5-8-28-9-6-15)14-31(13-17)20-4-3-16(12-27)22-19(20)2-1-7-29-22;/h1-4,7,15,17-18,28H,5-6,8-11,13-14H2,(H,30,32);1H. The van der Waals surface area contributed by atoms with E-state index in [2.05, 4.69) is 21.7 Å². The number of anilines is 1. The first-order chi connectivity index (χ1) is 15.3. The van der Waals surface area contributed by atoms with Gasteiger partial charge in [-0.05, 0) is 62.5 Å². The largest absolute Gasteiger partial charge is 0.393 e. The summed E-state index contributed by atoms with van der Waals surface area (Å²) in [7, 11) is 0. The van der Waals surface area contributed by atoms with Crippen LogP contribution < -0.4 is 15.5 Å². The summed E-state index contributed by atoms with van der Waals surface area (Å²) in [6, 6.07) is 8.21. The lowest BCUT2D eigenvalue weighted by Crippen LogP contribution is -2.54. The predicted molar refractivity (Wildman–Crippen MR) is 122 cm³/mol. The maximum absolute atomic E-state index is 13.7. The monoisotopic (exact) mass is 481 g/mol. The summed E-state index contributed by atoms with van der Waals surface area (Å²) in [4.78, 5) is 18.5. The summed E-state index contributed by atoms with van der Waals surface area (Å²) in [5.41, 5.74) is 1.44. The SMILES string of the molecule is Cl.N#Cc1ccc(N2CC(NC(=O)CC3CCNCC3)CC(C(F)(F)F)C2)c2cccnc12. The van der Waals surface area contributed by atoms with E-state index in [9.17, 15) is 23.2 Å². The van der Waals surface area contributed by atoms with Crippen LogP contribution >= 0.6 is 12.4 Å². The number of nitrogens with zero attached hydrogens (tertiary/aromatic N) is 3. The molecule has 2 N–H and O–H groups in total. The summed E-state index contributed by atoms with van der Waals surface area (Å²) in [6.07, 6.45) is -0.787. The van der Waals surface area contributed by atoms with Gasteiger partial charge < -0.3 is 15.5 Å². The summed E-state index contributed by atoms with van der Waals surface area (Å²) < 4.78 is 41.2. The molecule has 10 heteroatoms. The van der Waals surface area contributed by atoms with Gasteiger partial charge in [0.15, 0.2) is 0 Å². The van der Waals surface area contributed by atoms with Crippen LogP contribution in [-0.2, 0) is 4.79 Å². The molecule has 3 heterocycles. The number of nitriles is 1. The summed E-state index contributed by atoms with van der Waals surface area (Å²) in [6.45, 7) is 1.82. The number of fused-ring (bicyclic) bond motifs is 1. The van der Waals surface area contributed by atoms with E-state index in [0.29, 0.717) is 28.6 Å². The molecule has 2 aromatic rings. The molecule has 1 aromatic carbocycles. The third-order valence-corrected chi connectivity index (χ3v) is 6.42. The third-order valence-electron chi connectivity index (χ3n) is 6.42. The van der Waals surface area contributed by atoms with Crippen molar-refractivity contribution < 1.29 is 18.0 Å². The van der Waals surface area contributed by atoms with E-state index in [0.717, 1.165) is 25.9 Å². The van der Waals surface area contributed by atoms with Crippen molar-refractivity contribution in [3.63, 3.8) is 0 Å². The number of nitrogens with one attached hydrogen (secondary N) is 2.